The number of ether oxygens (including phenoxy) is 2. The van der Waals surface area contributed by atoms with Crippen LogP contribution in [0.3, 0.4) is 0 Å². The van der Waals surface area contributed by atoms with E-state index < -0.39 is 23.3 Å². The summed E-state index contributed by atoms with van der Waals surface area (Å²) in [6.07, 6.45) is 1.05. The summed E-state index contributed by atoms with van der Waals surface area (Å²) in [6, 6.07) is 2.90. The Morgan fingerprint density at radius 2 is 1.83 bits per heavy atom. The van der Waals surface area contributed by atoms with Crippen molar-refractivity contribution < 1.29 is 18.3 Å². The first-order chi connectivity index (χ1) is 8.60. The standard InChI is InChI=1S/C13H17F2NO2/c1-17-13(5-7-18-8-6-13)12(16)11-9(14)3-2-4-10(11)15/h2-4,12H,5-8,16H2,1H3. The fourth-order valence-corrected chi connectivity index (χ4v) is 2.43. The molecule has 5 heteroatoms. The Morgan fingerprint density at radius 3 is 2.33 bits per heavy atom. The third kappa shape index (κ3) is 2.25. The van der Waals surface area contributed by atoms with Gasteiger partial charge in [0.25, 0.3) is 0 Å². The van der Waals surface area contributed by atoms with Crippen molar-refractivity contribution >= 4 is 0 Å². The van der Waals surface area contributed by atoms with Crippen LogP contribution in [-0.4, -0.2) is 25.9 Å². The van der Waals surface area contributed by atoms with Crippen LogP contribution in [0.25, 0.3) is 0 Å². The van der Waals surface area contributed by atoms with Gasteiger partial charge in [0.05, 0.1) is 11.6 Å². The Labute approximate surface area is 105 Å². The van der Waals surface area contributed by atoms with Crippen molar-refractivity contribution in [1.29, 1.82) is 0 Å². The molecule has 1 aliphatic heterocycles. The summed E-state index contributed by atoms with van der Waals surface area (Å²) >= 11 is 0. The van der Waals surface area contributed by atoms with E-state index in [1.165, 1.54) is 25.3 Å². The van der Waals surface area contributed by atoms with E-state index in [9.17, 15) is 8.78 Å². The Bertz CT molecular complexity index is 399. The predicted molar refractivity (Wildman–Crippen MR) is 63.1 cm³/mol. The number of hydrogen-bond donors (Lipinski definition) is 1. The minimum Gasteiger partial charge on any atom is -0.381 e. The third-order valence-corrected chi connectivity index (χ3v) is 3.62. The lowest BCUT2D eigenvalue weighted by Crippen LogP contribution is -2.48. The topological polar surface area (TPSA) is 44.5 Å². The molecule has 0 spiro atoms. The maximum atomic E-state index is 13.8. The lowest BCUT2D eigenvalue weighted by molar-refractivity contribution is -0.106. The maximum absolute atomic E-state index is 13.8. The molecule has 1 unspecified atom stereocenters. The van der Waals surface area contributed by atoms with Gasteiger partial charge in [-0.15, -0.1) is 0 Å². The van der Waals surface area contributed by atoms with Gasteiger partial charge in [-0.2, -0.15) is 0 Å². The van der Waals surface area contributed by atoms with Gasteiger partial charge < -0.3 is 15.2 Å². The van der Waals surface area contributed by atoms with Crippen molar-refractivity contribution in [2.75, 3.05) is 20.3 Å². The summed E-state index contributed by atoms with van der Waals surface area (Å²) in [5, 5.41) is 0. The highest BCUT2D eigenvalue weighted by Gasteiger charge is 2.41. The molecule has 1 fully saturated rings. The van der Waals surface area contributed by atoms with Gasteiger partial charge in [0.1, 0.15) is 11.6 Å². The van der Waals surface area contributed by atoms with E-state index in [1.54, 1.807) is 0 Å². The molecular weight excluding hydrogens is 240 g/mol. The van der Waals surface area contributed by atoms with Gasteiger partial charge in [0, 0.05) is 38.7 Å². The lowest BCUT2D eigenvalue weighted by Gasteiger charge is -2.40. The molecular formula is C13H17F2NO2. The molecule has 0 bridgehead atoms. The second kappa shape index (κ2) is 5.30. The first-order valence-electron chi connectivity index (χ1n) is 5.93. The quantitative estimate of drug-likeness (QED) is 0.902. The van der Waals surface area contributed by atoms with Crippen LogP contribution in [0.4, 0.5) is 8.78 Å². The van der Waals surface area contributed by atoms with Gasteiger partial charge in [-0.25, -0.2) is 8.78 Å². The van der Waals surface area contributed by atoms with Crippen LogP contribution in [-0.2, 0) is 9.47 Å². The molecule has 1 saturated heterocycles. The summed E-state index contributed by atoms with van der Waals surface area (Å²) in [5.41, 5.74) is 5.18. The van der Waals surface area contributed by atoms with Crippen LogP contribution in [0.5, 0.6) is 0 Å². The van der Waals surface area contributed by atoms with Gasteiger partial charge in [-0.1, -0.05) is 6.07 Å². The zero-order chi connectivity index (χ0) is 13.2. The van der Waals surface area contributed by atoms with Crippen molar-refractivity contribution in [2.45, 2.75) is 24.5 Å². The Kier molecular flexibility index (Phi) is 3.94. The monoisotopic (exact) mass is 257 g/mol. The van der Waals surface area contributed by atoms with E-state index in [0.717, 1.165) is 0 Å². The maximum Gasteiger partial charge on any atom is 0.131 e. The Balaban J connectivity index is 2.36. The van der Waals surface area contributed by atoms with Crippen molar-refractivity contribution in [3.8, 4) is 0 Å². The van der Waals surface area contributed by atoms with Crippen LogP contribution in [0.1, 0.15) is 24.4 Å². The molecule has 3 nitrogen and oxygen atoms in total. The summed E-state index contributed by atoms with van der Waals surface area (Å²) in [4.78, 5) is 0. The van der Waals surface area contributed by atoms with Crippen molar-refractivity contribution in [3.05, 3.63) is 35.4 Å². The highest BCUT2D eigenvalue weighted by Crippen LogP contribution is 2.37. The zero-order valence-corrected chi connectivity index (χ0v) is 10.3. The second-order valence-corrected chi connectivity index (χ2v) is 4.49. The number of benzene rings is 1. The summed E-state index contributed by atoms with van der Waals surface area (Å²) in [6.45, 7) is 0.967. The Hall–Kier alpha value is -1.04. The molecule has 1 heterocycles. The molecule has 1 atom stereocenters. The van der Waals surface area contributed by atoms with Crippen LogP contribution in [0.15, 0.2) is 18.2 Å². The van der Waals surface area contributed by atoms with Crippen LogP contribution >= 0.6 is 0 Å². The fourth-order valence-electron chi connectivity index (χ4n) is 2.43. The molecule has 100 valence electrons. The molecule has 0 amide bonds. The smallest absolute Gasteiger partial charge is 0.131 e. The lowest BCUT2D eigenvalue weighted by atomic mass is 9.82. The molecule has 0 aromatic heterocycles. The molecule has 1 aromatic rings. The Morgan fingerprint density at radius 1 is 1.28 bits per heavy atom. The molecule has 0 radical (unpaired) electrons. The number of methoxy groups -OCH3 is 1. The molecule has 2 rings (SSSR count). The summed E-state index contributed by atoms with van der Waals surface area (Å²) < 4.78 is 38.2. The highest BCUT2D eigenvalue weighted by atomic mass is 19.1. The van der Waals surface area contributed by atoms with Crippen LogP contribution in [0.2, 0.25) is 0 Å². The van der Waals surface area contributed by atoms with E-state index in [1.807, 2.05) is 0 Å². The first kappa shape index (κ1) is 13.4. The molecule has 18 heavy (non-hydrogen) atoms. The molecule has 1 aliphatic rings. The van der Waals surface area contributed by atoms with E-state index in [0.29, 0.717) is 26.1 Å². The number of hydrogen-bond acceptors (Lipinski definition) is 3. The number of nitrogens with two attached hydrogens (primary N) is 1. The second-order valence-electron chi connectivity index (χ2n) is 4.49. The fraction of sp³-hybridized carbons (Fsp3) is 0.538. The molecule has 2 N–H and O–H groups in total. The average molecular weight is 257 g/mol. The number of halogens is 2. The van der Waals surface area contributed by atoms with Crippen molar-refractivity contribution in [3.63, 3.8) is 0 Å². The largest absolute Gasteiger partial charge is 0.381 e. The van der Waals surface area contributed by atoms with Gasteiger partial charge in [0.2, 0.25) is 0 Å². The molecule has 0 aliphatic carbocycles. The van der Waals surface area contributed by atoms with Crippen LogP contribution in [0, 0.1) is 11.6 Å². The summed E-state index contributed by atoms with van der Waals surface area (Å²) in [5.74, 6) is -1.27. The van der Waals surface area contributed by atoms with E-state index >= 15 is 0 Å². The SMILES string of the molecule is COC1(C(N)c2c(F)cccc2F)CCOCC1. The highest BCUT2D eigenvalue weighted by molar-refractivity contribution is 5.26. The van der Waals surface area contributed by atoms with Crippen LogP contribution < -0.4 is 5.73 Å². The first-order valence-corrected chi connectivity index (χ1v) is 5.93. The third-order valence-electron chi connectivity index (χ3n) is 3.62. The van der Waals surface area contributed by atoms with Gasteiger partial charge in [-0.05, 0) is 12.1 Å². The molecule has 0 saturated carbocycles. The van der Waals surface area contributed by atoms with E-state index in [-0.39, 0.29) is 5.56 Å². The normalized spacial score (nSPS) is 20.7. The minimum absolute atomic E-state index is 0.110. The van der Waals surface area contributed by atoms with Gasteiger partial charge >= 0.3 is 0 Å². The van der Waals surface area contributed by atoms with Gasteiger partial charge in [-0.3, -0.25) is 0 Å². The van der Waals surface area contributed by atoms with Crippen molar-refractivity contribution in [2.24, 2.45) is 5.73 Å². The predicted octanol–water partition coefficient (Wildman–Crippen LogP) is 2.16. The zero-order valence-electron chi connectivity index (χ0n) is 10.3. The van der Waals surface area contributed by atoms with Crippen molar-refractivity contribution in [1.82, 2.24) is 0 Å². The number of rotatable bonds is 3. The average Bonchev–Trinajstić information content (AvgIpc) is 2.39. The van der Waals surface area contributed by atoms with E-state index in [4.69, 9.17) is 15.2 Å². The minimum atomic E-state index is -0.840. The van der Waals surface area contributed by atoms with Gasteiger partial charge in [0.15, 0.2) is 0 Å². The molecule has 1 aromatic carbocycles. The summed E-state index contributed by atoms with van der Waals surface area (Å²) in [7, 11) is 1.52. The van der Waals surface area contributed by atoms with E-state index in [2.05, 4.69) is 0 Å².